The quantitative estimate of drug-likeness (QED) is 0.841. The number of likely N-dealkylation sites (tertiary alicyclic amines) is 1. The minimum Gasteiger partial charge on any atom is -0.317 e. The average molecular weight is 266 g/mol. The van der Waals surface area contributed by atoms with Crippen molar-refractivity contribution in [3.63, 3.8) is 0 Å². The van der Waals surface area contributed by atoms with Gasteiger partial charge in [-0.25, -0.2) is 0 Å². The van der Waals surface area contributed by atoms with E-state index >= 15 is 0 Å². The highest BCUT2D eigenvalue weighted by atomic mass is 15.1. The fraction of sp³-hybridized carbons (Fsp3) is 1.00. The van der Waals surface area contributed by atoms with Crippen molar-refractivity contribution < 1.29 is 0 Å². The Morgan fingerprint density at radius 3 is 2.21 bits per heavy atom. The molecule has 1 saturated carbocycles. The van der Waals surface area contributed by atoms with Gasteiger partial charge in [0.1, 0.15) is 0 Å². The summed E-state index contributed by atoms with van der Waals surface area (Å²) in [4.78, 5) is 2.76. The van der Waals surface area contributed by atoms with Crippen LogP contribution in [-0.2, 0) is 0 Å². The van der Waals surface area contributed by atoms with Gasteiger partial charge < -0.3 is 10.2 Å². The van der Waals surface area contributed by atoms with Gasteiger partial charge in [-0.3, -0.25) is 0 Å². The van der Waals surface area contributed by atoms with Crippen LogP contribution in [0.15, 0.2) is 0 Å². The number of hydrogen-bond acceptors (Lipinski definition) is 2. The predicted octanol–water partition coefficient (Wildman–Crippen LogP) is 3.52. The van der Waals surface area contributed by atoms with Crippen molar-refractivity contribution in [2.75, 3.05) is 26.7 Å². The second-order valence-corrected chi connectivity index (χ2v) is 7.18. The molecule has 2 heteroatoms. The molecule has 0 aromatic carbocycles. The normalized spacial score (nSPS) is 38.7. The van der Waals surface area contributed by atoms with E-state index in [1.54, 1.807) is 0 Å². The smallest absolute Gasteiger partial charge is 0.0110 e. The molecular formula is C17H34N2. The molecule has 0 aromatic heterocycles. The zero-order chi connectivity index (χ0) is 13.7. The lowest BCUT2D eigenvalue weighted by molar-refractivity contribution is 0.100. The minimum atomic E-state index is 0.740. The van der Waals surface area contributed by atoms with E-state index in [0.717, 1.165) is 23.8 Å². The molecule has 2 rings (SSSR count). The van der Waals surface area contributed by atoms with Gasteiger partial charge >= 0.3 is 0 Å². The van der Waals surface area contributed by atoms with Gasteiger partial charge in [0.25, 0.3) is 0 Å². The number of nitrogens with one attached hydrogen (secondary N) is 1. The van der Waals surface area contributed by atoms with Gasteiger partial charge in [0, 0.05) is 12.6 Å². The summed E-state index contributed by atoms with van der Waals surface area (Å²) < 4.78 is 0. The van der Waals surface area contributed by atoms with E-state index < -0.39 is 0 Å². The van der Waals surface area contributed by atoms with E-state index in [-0.39, 0.29) is 0 Å². The largest absolute Gasteiger partial charge is 0.317 e. The summed E-state index contributed by atoms with van der Waals surface area (Å²) in [7, 11) is 2.16. The second-order valence-electron chi connectivity index (χ2n) is 7.18. The van der Waals surface area contributed by atoms with Crippen LogP contribution >= 0.6 is 0 Å². The van der Waals surface area contributed by atoms with Crippen molar-refractivity contribution >= 4 is 0 Å². The van der Waals surface area contributed by atoms with Crippen LogP contribution in [0.4, 0.5) is 0 Å². The number of rotatable bonds is 3. The van der Waals surface area contributed by atoms with Gasteiger partial charge in [0.05, 0.1) is 0 Å². The van der Waals surface area contributed by atoms with Gasteiger partial charge in [-0.1, -0.05) is 33.1 Å². The molecule has 1 N–H and O–H groups in total. The summed E-state index contributed by atoms with van der Waals surface area (Å²) in [6.45, 7) is 8.92. The molecule has 0 aromatic rings. The summed E-state index contributed by atoms with van der Waals surface area (Å²) >= 11 is 0. The summed E-state index contributed by atoms with van der Waals surface area (Å²) in [6.07, 6.45) is 10.00. The van der Waals surface area contributed by atoms with E-state index in [9.17, 15) is 0 Å². The third-order valence-electron chi connectivity index (χ3n) is 5.47. The van der Waals surface area contributed by atoms with Crippen LogP contribution in [0.2, 0.25) is 0 Å². The van der Waals surface area contributed by atoms with Crippen LogP contribution in [-0.4, -0.2) is 37.6 Å². The Morgan fingerprint density at radius 1 is 0.947 bits per heavy atom. The zero-order valence-electron chi connectivity index (χ0n) is 13.3. The first-order valence-corrected chi connectivity index (χ1v) is 8.60. The van der Waals surface area contributed by atoms with Crippen LogP contribution in [0.25, 0.3) is 0 Å². The van der Waals surface area contributed by atoms with Crippen molar-refractivity contribution in [2.24, 2.45) is 17.8 Å². The Morgan fingerprint density at radius 2 is 1.58 bits per heavy atom. The fourth-order valence-corrected chi connectivity index (χ4v) is 4.34. The van der Waals surface area contributed by atoms with Crippen LogP contribution in [0.3, 0.4) is 0 Å². The van der Waals surface area contributed by atoms with Gasteiger partial charge in [-0.15, -0.1) is 0 Å². The Balaban J connectivity index is 1.90. The maximum Gasteiger partial charge on any atom is 0.0110 e. The third kappa shape index (κ3) is 4.46. The van der Waals surface area contributed by atoms with Gasteiger partial charge in [-0.2, -0.15) is 0 Å². The molecule has 0 radical (unpaired) electrons. The molecule has 0 bridgehead atoms. The highest BCUT2D eigenvalue weighted by Crippen LogP contribution is 2.34. The SMILES string of the molecule is CNC1CC(C)CC(C)C1CN1CCCCCCC1. The lowest BCUT2D eigenvalue weighted by Crippen LogP contribution is -2.48. The third-order valence-corrected chi connectivity index (χ3v) is 5.47. The maximum atomic E-state index is 3.61. The molecule has 2 aliphatic rings. The van der Waals surface area contributed by atoms with Crippen LogP contribution in [0.1, 0.15) is 58.8 Å². The molecular weight excluding hydrogens is 232 g/mol. The lowest BCUT2D eigenvalue weighted by atomic mass is 9.72. The average Bonchev–Trinajstić information content (AvgIpc) is 2.34. The first kappa shape index (κ1) is 15.3. The molecule has 1 heterocycles. The monoisotopic (exact) mass is 266 g/mol. The molecule has 2 fully saturated rings. The lowest BCUT2D eigenvalue weighted by Gasteiger charge is -2.42. The van der Waals surface area contributed by atoms with Crippen molar-refractivity contribution in [3.8, 4) is 0 Å². The topological polar surface area (TPSA) is 15.3 Å². The zero-order valence-corrected chi connectivity index (χ0v) is 13.3. The Hall–Kier alpha value is -0.0800. The van der Waals surface area contributed by atoms with E-state index in [2.05, 4.69) is 31.1 Å². The molecule has 0 spiro atoms. The Labute approximate surface area is 120 Å². The number of hydrogen-bond donors (Lipinski definition) is 1. The standard InChI is InChI=1S/C17H34N2/c1-14-11-15(2)16(17(12-14)18-3)13-19-9-7-5-4-6-8-10-19/h14-18H,4-13H2,1-3H3. The minimum absolute atomic E-state index is 0.740. The molecule has 0 amide bonds. The van der Waals surface area contributed by atoms with Crippen molar-refractivity contribution in [1.82, 2.24) is 10.2 Å². The fourth-order valence-electron chi connectivity index (χ4n) is 4.34. The first-order chi connectivity index (χ1) is 9.20. The van der Waals surface area contributed by atoms with Gasteiger partial charge in [-0.05, 0) is 63.6 Å². The Kier molecular flexibility index (Phi) is 6.15. The van der Waals surface area contributed by atoms with E-state index in [1.807, 2.05) is 0 Å². The van der Waals surface area contributed by atoms with Crippen LogP contribution in [0.5, 0.6) is 0 Å². The van der Waals surface area contributed by atoms with Gasteiger partial charge in [0.15, 0.2) is 0 Å². The maximum absolute atomic E-state index is 3.61. The molecule has 2 nitrogen and oxygen atoms in total. The van der Waals surface area contributed by atoms with Crippen molar-refractivity contribution in [3.05, 3.63) is 0 Å². The highest BCUT2D eigenvalue weighted by Gasteiger charge is 2.33. The summed E-state index contributed by atoms with van der Waals surface area (Å²) in [6, 6.07) is 0.740. The number of nitrogens with zero attached hydrogens (tertiary/aromatic N) is 1. The molecule has 1 aliphatic heterocycles. The second kappa shape index (κ2) is 7.64. The van der Waals surface area contributed by atoms with E-state index in [4.69, 9.17) is 0 Å². The highest BCUT2D eigenvalue weighted by molar-refractivity contribution is 4.88. The molecule has 19 heavy (non-hydrogen) atoms. The summed E-state index contributed by atoms with van der Waals surface area (Å²) in [5.41, 5.74) is 0. The molecule has 4 atom stereocenters. The first-order valence-electron chi connectivity index (χ1n) is 8.60. The van der Waals surface area contributed by atoms with Crippen LogP contribution < -0.4 is 5.32 Å². The molecule has 4 unspecified atom stereocenters. The molecule has 1 aliphatic carbocycles. The summed E-state index contributed by atoms with van der Waals surface area (Å²) in [5.74, 6) is 2.64. The van der Waals surface area contributed by atoms with Crippen molar-refractivity contribution in [1.29, 1.82) is 0 Å². The predicted molar refractivity (Wildman–Crippen MR) is 83.4 cm³/mol. The van der Waals surface area contributed by atoms with Gasteiger partial charge in [0.2, 0.25) is 0 Å². The van der Waals surface area contributed by atoms with Crippen LogP contribution in [0, 0.1) is 17.8 Å². The Bertz CT molecular complexity index is 246. The van der Waals surface area contributed by atoms with E-state index in [0.29, 0.717) is 0 Å². The molecule has 112 valence electrons. The summed E-state index contributed by atoms with van der Waals surface area (Å²) in [5, 5.41) is 3.61. The van der Waals surface area contributed by atoms with Crippen molar-refractivity contribution in [2.45, 2.75) is 64.8 Å². The van der Waals surface area contributed by atoms with E-state index in [1.165, 1.54) is 64.6 Å². The molecule has 1 saturated heterocycles.